The van der Waals surface area contributed by atoms with Crippen LogP contribution in [0.5, 0.6) is 0 Å². The summed E-state index contributed by atoms with van der Waals surface area (Å²) in [5.74, 6) is 0.347. The lowest BCUT2D eigenvalue weighted by Crippen LogP contribution is -2.22. The highest BCUT2D eigenvalue weighted by molar-refractivity contribution is 14.0. The fourth-order valence-electron chi connectivity index (χ4n) is 1.64. The third-order valence-electron chi connectivity index (χ3n) is 2.76. The zero-order valence-electron chi connectivity index (χ0n) is 11.4. The van der Waals surface area contributed by atoms with E-state index < -0.39 is 0 Å². The summed E-state index contributed by atoms with van der Waals surface area (Å²) in [6.07, 6.45) is 0. The van der Waals surface area contributed by atoms with Crippen LogP contribution in [0.2, 0.25) is 10.0 Å². The molecule has 0 fully saturated rings. The van der Waals surface area contributed by atoms with Gasteiger partial charge in [0.05, 0.1) is 6.54 Å². The van der Waals surface area contributed by atoms with Gasteiger partial charge in [-0.2, -0.15) is 0 Å². The van der Waals surface area contributed by atoms with Gasteiger partial charge in [-0.3, -0.25) is 0 Å². The molecule has 0 aliphatic rings. The molecule has 0 atom stereocenters. The van der Waals surface area contributed by atoms with Crippen molar-refractivity contribution in [1.29, 1.82) is 0 Å². The Morgan fingerprint density at radius 1 is 1.14 bits per heavy atom. The number of nitrogens with one attached hydrogen (secondary N) is 1. The van der Waals surface area contributed by atoms with E-state index in [1.54, 1.807) is 12.1 Å². The molecule has 0 saturated heterocycles. The quantitative estimate of drug-likeness (QED) is 0.411. The third-order valence-corrected chi connectivity index (χ3v) is 3.35. The van der Waals surface area contributed by atoms with Gasteiger partial charge in [0.25, 0.3) is 0 Å². The molecule has 0 unspecified atom stereocenters. The Balaban J connectivity index is 0.00000220. The van der Waals surface area contributed by atoms with Gasteiger partial charge < -0.3 is 11.1 Å². The maximum atomic E-state index is 6.08. The molecule has 21 heavy (non-hydrogen) atoms. The molecule has 0 bridgehead atoms. The van der Waals surface area contributed by atoms with Crippen LogP contribution in [-0.4, -0.2) is 5.96 Å². The average molecular weight is 436 g/mol. The Kier molecular flexibility index (Phi) is 7.28. The molecule has 3 N–H and O–H groups in total. The molecule has 2 aromatic rings. The van der Waals surface area contributed by atoms with Crippen molar-refractivity contribution < 1.29 is 0 Å². The molecule has 6 heteroatoms. The largest absolute Gasteiger partial charge is 0.370 e. The number of hydrogen-bond acceptors (Lipinski definition) is 1. The highest BCUT2D eigenvalue weighted by atomic mass is 127. The molecule has 0 aliphatic carbocycles. The maximum absolute atomic E-state index is 6.08. The van der Waals surface area contributed by atoms with Crippen LogP contribution >= 0.6 is 47.2 Å². The Bertz CT molecular complexity index is 627. The highest BCUT2D eigenvalue weighted by Crippen LogP contribution is 2.21. The summed E-state index contributed by atoms with van der Waals surface area (Å²) in [4.78, 5) is 4.26. The molecule has 0 heterocycles. The molecule has 0 saturated carbocycles. The molecule has 3 nitrogen and oxygen atoms in total. The van der Waals surface area contributed by atoms with Gasteiger partial charge in [0.15, 0.2) is 5.96 Å². The summed E-state index contributed by atoms with van der Waals surface area (Å²) in [6.45, 7) is 2.43. The van der Waals surface area contributed by atoms with E-state index in [0.717, 1.165) is 11.3 Å². The SMILES string of the molecule is Cc1ccc(NC(N)=NCc2ccc(Cl)cc2Cl)cc1.I. The first-order chi connectivity index (χ1) is 9.54. The van der Waals surface area contributed by atoms with Crippen LogP contribution in [0, 0.1) is 6.92 Å². The van der Waals surface area contributed by atoms with E-state index in [1.165, 1.54) is 5.56 Å². The number of aliphatic imine (C=N–C) groups is 1. The van der Waals surface area contributed by atoms with Gasteiger partial charge in [-0.1, -0.05) is 47.0 Å². The monoisotopic (exact) mass is 435 g/mol. The van der Waals surface area contributed by atoms with Crippen LogP contribution in [0.3, 0.4) is 0 Å². The number of nitrogens with zero attached hydrogens (tertiary/aromatic N) is 1. The maximum Gasteiger partial charge on any atom is 0.193 e. The van der Waals surface area contributed by atoms with Gasteiger partial charge in [-0.15, -0.1) is 24.0 Å². The van der Waals surface area contributed by atoms with Crippen molar-refractivity contribution in [3.05, 3.63) is 63.6 Å². The number of guanidine groups is 1. The van der Waals surface area contributed by atoms with E-state index in [9.17, 15) is 0 Å². The Hall–Kier alpha value is -0.980. The minimum Gasteiger partial charge on any atom is -0.370 e. The number of rotatable bonds is 3. The van der Waals surface area contributed by atoms with Crippen LogP contribution in [0.25, 0.3) is 0 Å². The lowest BCUT2D eigenvalue weighted by Gasteiger charge is -2.06. The van der Waals surface area contributed by atoms with Gasteiger partial charge in [-0.25, -0.2) is 4.99 Å². The van der Waals surface area contributed by atoms with Crippen molar-refractivity contribution in [2.75, 3.05) is 5.32 Å². The summed E-state index contributed by atoms with van der Waals surface area (Å²) in [5, 5.41) is 4.22. The molecule has 2 aromatic carbocycles. The second kappa shape index (κ2) is 8.46. The van der Waals surface area contributed by atoms with Crippen molar-refractivity contribution in [3.8, 4) is 0 Å². The van der Waals surface area contributed by atoms with Crippen molar-refractivity contribution in [1.82, 2.24) is 0 Å². The summed E-state index contributed by atoms with van der Waals surface area (Å²) in [7, 11) is 0. The number of aryl methyl sites for hydroxylation is 1. The van der Waals surface area contributed by atoms with Gasteiger partial charge >= 0.3 is 0 Å². The van der Waals surface area contributed by atoms with Gasteiger partial charge in [0.2, 0.25) is 0 Å². The average Bonchev–Trinajstić information content (AvgIpc) is 2.40. The van der Waals surface area contributed by atoms with Crippen molar-refractivity contribution in [2.45, 2.75) is 13.5 Å². The van der Waals surface area contributed by atoms with Crippen molar-refractivity contribution in [2.24, 2.45) is 10.7 Å². The number of halogens is 3. The molecule has 112 valence electrons. The minimum atomic E-state index is 0. The van der Waals surface area contributed by atoms with E-state index >= 15 is 0 Å². The first-order valence-corrected chi connectivity index (χ1v) is 6.88. The van der Waals surface area contributed by atoms with Crippen LogP contribution in [0.4, 0.5) is 5.69 Å². The van der Waals surface area contributed by atoms with E-state index in [4.69, 9.17) is 28.9 Å². The molecule has 0 spiro atoms. The van der Waals surface area contributed by atoms with E-state index in [1.807, 2.05) is 37.3 Å². The predicted octanol–water partition coefficient (Wildman–Crippen LogP) is 4.85. The first kappa shape index (κ1) is 18.1. The smallest absolute Gasteiger partial charge is 0.193 e. The zero-order valence-corrected chi connectivity index (χ0v) is 15.3. The fraction of sp³-hybridized carbons (Fsp3) is 0.133. The van der Waals surface area contributed by atoms with E-state index in [-0.39, 0.29) is 24.0 Å². The third kappa shape index (κ3) is 5.73. The van der Waals surface area contributed by atoms with Crippen LogP contribution < -0.4 is 11.1 Å². The number of hydrogen-bond donors (Lipinski definition) is 2. The Labute approximate surface area is 151 Å². The molecule has 0 radical (unpaired) electrons. The molecular weight excluding hydrogens is 420 g/mol. The van der Waals surface area contributed by atoms with Gasteiger partial charge in [-0.05, 0) is 36.8 Å². The first-order valence-electron chi connectivity index (χ1n) is 6.12. The molecule has 0 aliphatic heterocycles. The van der Waals surface area contributed by atoms with Crippen LogP contribution in [0.15, 0.2) is 47.5 Å². The number of anilines is 1. The van der Waals surface area contributed by atoms with Crippen molar-refractivity contribution >= 4 is 58.8 Å². The summed E-state index contributed by atoms with van der Waals surface area (Å²) in [5.41, 5.74) is 8.82. The lowest BCUT2D eigenvalue weighted by atomic mass is 10.2. The topological polar surface area (TPSA) is 50.4 Å². The van der Waals surface area contributed by atoms with E-state index in [0.29, 0.717) is 22.5 Å². The van der Waals surface area contributed by atoms with Gasteiger partial charge in [0.1, 0.15) is 0 Å². The second-order valence-electron chi connectivity index (χ2n) is 4.43. The number of benzene rings is 2. The normalized spacial score (nSPS) is 10.9. The molecule has 0 amide bonds. The zero-order chi connectivity index (χ0) is 14.5. The molecule has 0 aromatic heterocycles. The molecular formula is C15H16Cl2IN3. The lowest BCUT2D eigenvalue weighted by molar-refractivity contribution is 1.06. The van der Waals surface area contributed by atoms with E-state index in [2.05, 4.69) is 10.3 Å². The Morgan fingerprint density at radius 2 is 1.81 bits per heavy atom. The summed E-state index contributed by atoms with van der Waals surface area (Å²) in [6, 6.07) is 13.2. The van der Waals surface area contributed by atoms with Gasteiger partial charge in [0, 0.05) is 15.7 Å². The number of nitrogens with two attached hydrogens (primary N) is 1. The fourth-order valence-corrected chi connectivity index (χ4v) is 2.11. The van der Waals surface area contributed by atoms with Crippen molar-refractivity contribution in [3.63, 3.8) is 0 Å². The van der Waals surface area contributed by atoms with Crippen LogP contribution in [-0.2, 0) is 6.54 Å². The summed E-state index contributed by atoms with van der Waals surface area (Å²) < 4.78 is 0. The predicted molar refractivity (Wildman–Crippen MR) is 102 cm³/mol. The highest BCUT2D eigenvalue weighted by Gasteiger charge is 2.01. The summed E-state index contributed by atoms with van der Waals surface area (Å²) >= 11 is 11.9. The Morgan fingerprint density at radius 3 is 2.43 bits per heavy atom. The minimum absolute atomic E-state index is 0. The second-order valence-corrected chi connectivity index (χ2v) is 5.27. The standard InChI is InChI=1S/C15H15Cl2N3.HI/c1-10-2-6-13(7-3-10)20-15(18)19-9-11-4-5-12(16)8-14(11)17;/h2-8H,9H2,1H3,(H3,18,19,20);1H. The molecule has 2 rings (SSSR count). The van der Waals surface area contributed by atoms with Crippen LogP contribution in [0.1, 0.15) is 11.1 Å².